The number of carbonyl (C=O) groups excluding carboxylic acids is 1. The molecular formula is C14H18N2O5. The Morgan fingerprint density at radius 1 is 1.10 bits per heavy atom. The zero-order valence-electron chi connectivity index (χ0n) is 11.5. The number of carboxylic acid groups (broad SMARTS) is 1. The minimum absolute atomic E-state index is 0.0352. The van der Waals surface area contributed by atoms with Gasteiger partial charge in [-0.3, -0.25) is 14.5 Å². The maximum Gasteiger partial charge on any atom is 0.317 e. The van der Waals surface area contributed by atoms with Crippen LogP contribution >= 0.6 is 0 Å². The fourth-order valence-electron chi connectivity index (χ4n) is 2.39. The van der Waals surface area contributed by atoms with Crippen molar-refractivity contribution in [2.75, 3.05) is 32.7 Å². The summed E-state index contributed by atoms with van der Waals surface area (Å²) in [6.45, 7) is 1.99. The number of benzene rings is 1. The number of phenols is 2. The maximum atomic E-state index is 12.4. The molecule has 1 saturated heterocycles. The lowest BCUT2D eigenvalue weighted by Gasteiger charge is -2.21. The number of hydrogen-bond donors (Lipinski definition) is 3. The molecule has 1 heterocycles. The van der Waals surface area contributed by atoms with Gasteiger partial charge < -0.3 is 20.2 Å². The van der Waals surface area contributed by atoms with E-state index in [1.54, 1.807) is 9.80 Å². The Morgan fingerprint density at radius 2 is 1.86 bits per heavy atom. The highest BCUT2D eigenvalue weighted by Crippen LogP contribution is 2.24. The molecule has 1 amide bonds. The third-order valence-electron chi connectivity index (χ3n) is 3.45. The second-order valence-electron chi connectivity index (χ2n) is 5.02. The molecule has 3 N–H and O–H groups in total. The normalized spacial score (nSPS) is 16.5. The van der Waals surface area contributed by atoms with Crippen molar-refractivity contribution in [3.8, 4) is 11.5 Å². The first kappa shape index (κ1) is 15.1. The zero-order chi connectivity index (χ0) is 15.4. The van der Waals surface area contributed by atoms with Crippen molar-refractivity contribution in [1.82, 2.24) is 9.80 Å². The van der Waals surface area contributed by atoms with E-state index in [1.807, 2.05) is 0 Å². The summed E-state index contributed by atoms with van der Waals surface area (Å²) in [6.07, 6.45) is 0.678. The Hall–Kier alpha value is -2.28. The van der Waals surface area contributed by atoms with Gasteiger partial charge in [-0.25, -0.2) is 0 Å². The number of phenolic OH excluding ortho intramolecular Hbond substituents is 2. The number of rotatable bonds is 3. The topological polar surface area (TPSA) is 101 Å². The van der Waals surface area contributed by atoms with Crippen molar-refractivity contribution in [2.24, 2.45) is 0 Å². The van der Waals surface area contributed by atoms with Gasteiger partial charge in [-0.2, -0.15) is 0 Å². The first-order valence-electron chi connectivity index (χ1n) is 6.73. The summed E-state index contributed by atoms with van der Waals surface area (Å²) in [6, 6.07) is 3.86. The molecule has 0 radical (unpaired) electrons. The van der Waals surface area contributed by atoms with E-state index in [9.17, 15) is 19.8 Å². The summed E-state index contributed by atoms with van der Waals surface area (Å²) in [5.41, 5.74) is 0.138. The quantitative estimate of drug-likeness (QED) is 0.742. The fourth-order valence-corrected chi connectivity index (χ4v) is 2.39. The highest BCUT2D eigenvalue weighted by molar-refractivity contribution is 5.97. The lowest BCUT2D eigenvalue weighted by atomic mass is 10.1. The molecule has 1 aliphatic rings. The summed E-state index contributed by atoms with van der Waals surface area (Å²) in [5, 5.41) is 27.8. The Kier molecular flexibility index (Phi) is 4.64. The van der Waals surface area contributed by atoms with E-state index < -0.39 is 5.97 Å². The molecule has 0 bridgehead atoms. The van der Waals surface area contributed by atoms with E-state index in [-0.39, 0.29) is 29.5 Å². The zero-order valence-corrected chi connectivity index (χ0v) is 11.5. The molecule has 0 aliphatic carbocycles. The lowest BCUT2D eigenvalue weighted by Crippen LogP contribution is -2.36. The number of hydrogen-bond acceptors (Lipinski definition) is 5. The second-order valence-corrected chi connectivity index (χ2v) is 5.02. The molecule has 1 aromatic carbocycles. The molecule has 2 rings (SSSR count). The summed E-state index contributed by atoms with van der Waals surface area (Å²) >= 11 is 0. The molecule has 0 spiro atoms. The van der Waals surface area contributed by atoms with Gasteiger partial charge in [0, 0.05) is 32.2 Å². The van der Waals surface area contributed by atoms with Gasteiger partial charge in [-0.05, 0) is 18.6 Å². The summed E-state index contributed by atoms with van der Waals surface area (Å²) in [5.74, 6) is -1.56. The molecule has 0 unspecified atom stereocenters. The first-order chi connectivity index (χ1) is 9.97. The second kappa shape index (κ2) is 6.45. The number of aliphatic carboxylic acids is 1. The van der Waals surface area contributed by atoms with Crippen LogP contribution in [0.2, 0.25) is 0 Å². The molecule has 1 aromatic rings. The molecule has 0 aromatic heterocycles. The van der Waals surface area contributed by atoms with E-state index in [4.69, 9.17) is 5.11 Å². The van der Waals surface area contributed by atoms with E-state index in [0.717, 1.165) is 6.07 Å². The van der Waals surface area contributed by atoms with Crippen molar-refractivity contribution >= 4 is 11.9 Å². The third-order valence-corrected chi connectivity index (χ3v) is 3.45. The number of amides is 1. The van der Waals surface area contributed by atoms with Crippen LogP contribution in [0.3, 0.4) is 0 Å². The number of carbonyl (C=O) groups is 2. The van der Waals surface area contributed by atoms with Crippen LogP contribution in [0.5, 0.6) is 11.5 Å². The lowest BCUT2D eigenvalue weighted by molar-refractivity contribution is -0.138. The Bertz CT molecular complexity index is 546. The number of aromatic hydroxyl groups is 2. The number of carboxylic acids is 1. The highest BCUT2D eigenvalue weighted by atomic mass is 16.4. The average molecular weight is 294 g/mol. The van der Waals surface area contributed by atoms with Gasteiger partial charge in [0.05, 0.1) is 12.1 Å². The fraction of sp³-hybridized carbons (Fsp3) is 0.429. The predicted molar refractivity (Wildman–Crippen MR) is 74.4 cm³/mol. The van der Waals surface area contributed by atoms with Gasteiger partial charge in [-0.1, -0.05) is 0 Å². The van der Waals surface area contributed by atoms with Crippen LogP contribution in [0.4, 0.5) is 0 Å². The molecule has 21 heavy (non-hydrogen) atoms. The SMILES string of the molecule is O=C(O)CN1CCCN(C(=O)c2ccc(O)cc2O)CC1. The van der Waals surface area contributed by atoms with Crippen molar-refractivity contribution < 1.29 is 24.9 Å². The van der Waals surface area contributed by atoms with Gasteiger partial charge in [0.2, 0.25) is 0 Å². The van der Waals surface area contributed by atoms with Gasteiger partial charge >= 0.3 is 5.97 Å². The first-order valence-corrected chi connectivity index (χ1v) is 6.73. The van der Waals surface area contributed by atoms with Gasteiger partial charge in [0.15, 0.2) is 0 Å². The van der Waals surface area contributed by atoms with Crippen molar-refractivity contribution in [3.05, 3.63) is 23.8 Å². The van der Waals surface area contributed by atoms with E-state index >= 15 is 0 Å². The molecule has 1 aliphatic heterocycles. The van der Waals surface area contributed by atoms with Crippen molar-refractivity contribution in [1.29, 1.82) is 0 Å². The highest BCUT2D eigenvalue weighted by Gasteiger charge is 2.23. The van der Waals surface area contributed by atoms with E-state index in [0.29, 0.717) is 32.6 Å². The van der Waals surface area contributed by atoms with Crippen LogP contribution < -0.4 is 0 Å². The molecule has 0 saturated carbocycles. The third kappa shape index (κ3) is 3.85. The molecule has 7 heteroatoms. The Balaban J connectivity index is 2.04. The molecule has 7 nitrogen and oxygen atoms in total. The minimum atomic E-state index is -0.883. The molecular weight excluding hydrogens is 276 g/mol. The Labute approximate surface area is 122 Å². The van der Waals surface area contributed by atoms with Crippen LogP contribution in [0.25, 0.3) is 0 Å². The van der Waals surface area contributed by atoms with Gasteiger partial charge in [0.1, 0.15) is 11.5 Å². The standard InChI is InChI=1S/C14H18N2O5/c17-10-2-3-11(12(18)8-10)14(21)16-5-1-4-15(6-7-16)9-13(19)20/h2-3,8,17-18H,1,4-7,9H2,(H,19,20). The van der Waals surface area contributed by atoms with Gasteiger partial charge in [-0.15, -0.1) is 0 Å². The van der Waals surface area contributed by atoms with E-state index in [2.05, 4.69) is 0 Å². The van der Waals surface area contributed by atoms with Crippen LogP contribution in [0.15, 0.2) is 18.2 Å². The maximum absolute atomic E-state index is 12.4. The van der Waals surface area contributed by atoms with Crippen LogP contribution in [-0.4, -0.2) is 69.7 Å². The predicted octanol–water partition coefficient (Wildman–Crippen LogP) is 0.330. The summed E-state index contributed by atoms with van der Waals surface area (Å²) < 4.78 is 0. The summed E-state index contributed by atoms with van der Waals surface area (Å²) in [4.78, 5) is 26.5. The van der Waals surface area contributed by atoms with Crippen LogP contribution in [0.1, 0.15) is 16.8 Å². The smallest absolute Gasteiger partial charge is 0.317 e. The van der Waals surface area contributed by atoms with Crippen LogP contribution in [0, 0.1) is 0 Å². The average Bonchev–Trinajstić information content (AvgIpc) is 2.63. The largest absolute Gasteiger partial charge is 0.508 e. The molecule has 114 valence electrons. The van der Waals surface area contributed by atoms with Crippen LogP contribution in [-0.2, 0) is 4.79 Å². The monoisotopic (exact) mass is 294 g/mol. The molecule has 1 fully saturated rings. The number of nitrogens with zero attached hydrogens (tertiary/aromatic N) is 2. The summed E-state index contributed by atoms with van der Waals surface area (Å²) in [7, 11) is 0. The minimum Gasteiger partial charge on any atom is -0.508 e. The van der Waals surface area contributed by atoms with Crippen molar-refractivity contribution in [2.45, 2.75) is 6.42 Å². The Morgan fingerprint density at radius 3 is 2.52 bits per heavy atom. The van der Waals surface area contributed by atoms with Gasteiger partial charge in [0.25, 0.3) is 5.91 Å². The molecule has 0 atom stereocenters. The van der Waals surface area contributed by atoms with Crippen molar-refractivity contribution in [3.63, 3.8) is 0 Å². The van der Waals surface area contributed by atoms with E-state index in [1.165, 1.54) is 12.1 Å².